The molecule has 2 fully saturated rings. The second-order valence-electron chi connectivity index (χ2n) is 8.35. The van der Waals surface area contributed by atoms with E-state index in [9.17, 15) is 9.59 Å². The molecule has 2 amide bonds. The van der Waals surface area contributed by atoms with Crippen molar-refractivity contribution in [1.82, 2.24) is 9.80 Å². The van der Waals surface area contributed by atoms with Gasteiger partial charge in [0.25, 0.3) is 0 Å². The Bertz CT molecular complexity index is 708. The van der Waals surface area contributed by atoms with Crippen LogP contribution in [0.5, 0.6) is 0 Å². The summed E-state index contributed by atoms with van der Waals surface area (Å²) in [6.45, 7) is 9.09. The van der Waals surface area contributed by atoms with E-state index in [1.165, 1.54) is 11.1 Å². The lowest BCUT2D eigenvalue weighted by Gasteiger charge is -2.39. The van der Waals surface area contributed by atoms with Crippen LogP contribution in [0.15, 0.2) is 36.4 Å². The summed E-state index contributed by atoms with van der Waals surface area (Å²) in [7, 11) is 0. The number of hydrogen-bond acceptors (Lipinski definition) is 2. The Labute approximate surface area is 163 Å². The van der Waals surface area contributed by atoms with Crippen LogP contribution < -0.4 is 0 Å². The van der Waals surface area contributed by atoms with Gasteiger partial charge in [0.15, 0.2) is 0 Å². The lowest BCUT2D eigenvalue weighted by Crippen LogP contribution is -2.50. The topological polar surface area (TPSA) is 40.6 Å². The zero-order chi connectivity index (χ0) is 19.4. The summed E-state index contributed by atoms with van der Waals surface area (Å²) in [6, 6.07) is 8.62. The van der Waals surface area contributed by atoms with Gasteiger partial charge in [0.1, 0.15) is 0 Å². The second-order valence-corrected chi connectivity index (χ2v) is 8.35. The summed E-state index contributed by atoms with van der Waals surface area (Å²) in [5, 5.41) is 0. The van der Waals surface area contributed by atoms with E-state index in [4.69, 9.17) is 0 Å². The summed E-state index contributed by atoms with van der Waals surface area (Å²) in [5.41, 5.74) is 2.15. The Morgan fingerprint density at radius 2 is 1.93 bits per heavy atom. The lowest BCUT2D eigenvalue weighted by atomic mass is 9.78. The van der Waals surface area contributed by atoms with Crippen molar-refractivity contribution in [3.05, 3.63) is 47.5 Å². The smallest absolute Gasteiger partial charge is 0.230 e. The van der Waals surface area contributed by atoms with E-state index in [0.29, 0.717) is 32.0 Å². The summed E-state index contributed by atoms with van der Waals surface area (Å²) < 4.78 is 0. The van der Waals surface area contributed by atoms with Crippen molar-refractivity contribution in [3.8, 4) is 0 Å². The molecule has 146 valence electrons. The average Bonchev–Trinajstić information content (AvgIpc) is 3.09. The Morgan fingerprint density at radius 3 is 2.59 bits per heavy atom. The molecule has 4 heteroatoms. The molecule has 2 heterocycles. The number of hydrogen-bond donors (Lipinski definition) is 0. The van der Waals surface area contributed by atoms with Crippen LogP contribution in [0, 0.1) is 5.41 Å². The van der Waals surface area contributed by atoms with Crippen LogP contribution in [0.2, 0.25) is 0 Å². The molecule has 2 aliphatic heterocycles. The molecule has 1 aromatic carbocycles. The molecule has 0 unspecified atom stereocenters. The predicted octanol–water partition coefficient (Wildman–Crippen LogP) is 4.12. The summed E-state index contributed by atoms with van der Waals surface area (Å²) in [6.07, 6.45) is 6.96. The molecule has 1 aromatic rings. The van der Waals surface area contributed by atoms with E-state index < -0.39 is 0 Å². The van der Waals surface area contributed by atoms with Gasteiger partial charge in [0.2, 0.25) is 11.8 Å². The van der Waals surface area contributed by atoms with Crippen molar-refractivity contribution < 1.29 is 9.59 Å². The van der Waals surface area contributed by atoms with Gasteiger partial charge < -0.3 is 9.80 Å². The third-order valence-electron chi connectivity index (χ3n) is 6.08. The van der Waals surface area contributed by atoms with Gasteiger partial charge in [0, 0.05) is 32.6 Å². The first kappa shape index (κ1) is 19.7. The van der Waals surface area contributed by atoms with Gasteiger partial charge in [-0.05, 0) is 43.2 Å². The molecule has 4 nitrogen and oxygen atoms in total. The third kappa shape index (κ3) is 4.26. The maximum Gasteiger partial charge on any atom is 0.230 e. The Balaban J connectivity index is 1.66. The van der Waals surface area contributed by atoms with E-state index in [-0.39, 0.29) is 17.2 Å². The summed E-state index contributed by atoms with van der Waals surface area (Å²) >= 11 is 0. The van der Waals surface area contributed by atoms with E-state index in [0.717, 1.165) is 25.8 Å². The minimum atomic E-state index is -0.359. The van der Waals surface area contributed by atoms with Gasteiger partial charge in [-0.25, -0.2) is 0 Å². The largest absolute Gasteiger partial charge is 0.341 e. The Hall–Kier alpha value is -2.10. The summed E-state index contributed by atoms with van der Waals surface area (Å²) in [5.74, 6) is 0.894. The number of amides is 2. The second kappa shape index (κ2) is 8.28. The molecule has 27 heavy (non-hydrogen) atoms. The average molecular weight is 369 g/mol. The first-order valence-corrected chi connectivity index (χ1v) is 10.2. The van der Waals surface area contributed by atoms with Crippen LogP contribution in [0.25, 0.3) is 0 Å². The fourth-order valence-corrected chi connectivity index (χ4v) is 4.34. The Kier molecular flexibility index (Phi) is 6.03. The van der Waals surface area contributed by atoms with Gasteiger partial charge in [0.05, 0.1) is 5.41 Å². The number of likely N-dealkylation sites (tertiary alicyclic amines) is 2. The zero-order valence-corrected chi connectivity index (χ0v) is 16.9. The lowest BCUT2D eigenvalue weighted by molar-refractivity contribution is -0.146. The van der Waals surface area contributed by atoms with Gasteiger partial charge >= 0.3 is 0 Å². The van der Waals surface area contributed by atoms with Gasteiger partial charge in [-0.3, -0.25) is 9.59 Å². The maximum atomic E-state index is 13.3. The number of rotatable bonds is 5. The third-order valence-corrected chi connectivity index (χ3v) is 6.08. The molecule has 1 atom stereocenters. The highest BCUT2D eigenvalue weighted by molar-refractivity contribution is 5.86. The molecule has 2 aliphatic rings. The number of piperidine rings is 1. The molecular formula is C23H32N2O2. The number of benzene rings is 1. The predicted molar refractivity (Wildman–Crippen MR) is 108 cm³/mol. The molecule has 0 aromatic heterocycles. The number of carbonyl (C=O) groups is 2. The minimum Gasteiger partial charge on any atom is -0.341 e. The quantitative estimate of drug-likeness (QED) is 0.734. The highest BCUT2D eigenvalue weighted by Crippen LogP contribution is 2.40. The normalized spacial score (nSPS) is 23.2. The fraction of sp³-hybridized carbons (Fsp3) is 0.565. The molecular weight excluding hydrogens is 336 g/mol. The van der Waals surface area contributed by atoms with Crippen LogP contribution in [-0.2, 0) is 16.1 Å². The fourth-order valence-electron chi connectivity index (χ4n) is 4.34. The number of carbonyl (C=O) groups excluding carboxylic acids is 2. The van der Waals surface area contributed by atoms with Crippen molar-refractivity contribution in [3.63, 3.8) is 0 Å². The molecule has 0 aliphatic carbocycles. The standard InChI is InChI=1S/C23H32N2O2/c1-4-5-7-21(26)25-15-13-23(17-25)12-6-14-24(22(23)27)16-19-8-10-20(11-9-19)18(2)3/h4-5,8-11,18H,6-7,12-17H2,1-3H3/b5-4+/t23-/m1/s1. The SMILES string of the molecule is C/C=C/CC(=O)N1CC[C@]2(CCCN(Cc3ccc(C(C)C)cc3)C2=O)C1. The minimum absolute atomic E-state index is 0.138. The van der Waals surface area contributed by atoms with E-state index >= 15 is 0 Å². The van der Waals surface area contributed by atoms with Crippen LogP contribution in [0.1, 0.15) is 63.5 Å². The van der Waals surface area contributed by atoms with Crippen molar-refractivity contribution >= 4 is 11.8 Å². The van der Waals surface area contributed by atoms with Gasteiger partial charge in [-0.15, -0.1) is 0 Å². The van der Waals surface area contributed by atoms with Gasteiger partial charge in [-0.1, -0.05) is 50.3 Å². The zero-order valence-electron chi connectivity index (χ0n) is 16.9. The molecule has 1 spiro atoms. The Morgan fingerprint density at radius 1 is 1.19 bits per heavy atom. The van der Waals surface area contributed by atoms with Gasteiger partial charge in [-0.2, -0.15) is 0 Å². The molecule has 0 N–H and O–H groups in total. The van der Waals surface area contributed by atoms with Crippen molar-refractivity contribution in [2.75, 3.05) is 19.6 Å². The maximum absolute atomic E-state index is 13.3. The van der Waals surface area contributed by atoms with Crippen LogP contribution in [0.4, 0.5) is 0 Å². The highest BCUT2D eigenvalue weighted by atomic mass is 16.2. The number of allylic oxidation sites excluding steroid dienone is 1. The van der Waals surface area contributed by atoms with E-state index in [2.05, 4.69) is 38.1 Å². The molecule has 2 saturated heterocycles. The molecule has 0 radical (unpaired) electrons. The first-order chi connectivity index (χ1) is 12.9. The monoisotopic (exact) mass is 368 g/mol. The van der Waals surface area contributed by atoms with Crippen molar-refractivity contribution in [2.45, 2.75) is 58.9 Å². The summed E-state index contributed by atoms with van der Waals surface area (Å²) in [4.78, 5) is 29.5. The van der Waals surface area contributed by atoms with Crippen molar-refractivity contribution in [2.24, 2.45) is 5.41 Å². The van der Waals surface area contributed by atoms with E-state index in [1.54, 1.807) is 0 Å². The molecule has 0 saturated carbocycles. The first-order valence-electron chi connectivity index (χ1n) is 10.2. The van der Waals surface area contributed by atoms with Crippen LogP contribution in [0.3, 0.4) is 0 Å². The van der Waals surface area contributed by atoms with E-state index in [1.807, 2.05) is 28.9 Å². The van der Waals surface area contributed by atoms with Crippen LogP contribution >= 0.6 is 0 Å². The van der Waals surface area contributed by atoms with Crippen molar-refractivity contribution in [1.29, 1.82) is 0 Å². The highest BCUT2D eigenvalue weighted by Gasteiger charge is 2.49. The number of nitrogens with zero attached hydrogens (tertiary/aromatic N) is 2. The molecule has 3 rings (SSSR count). The molecule has 0 bridgehead atoms. The van der Waals surface area contributed by atoms with Crippen LogP contribution in [-0.4, -0.2) is 41.2 Å².